The van der Waals surface area contributed by atoms with Gasteiger partial charge in [-0.2, -0.15) is 4.31 Å². The Kier molecular flexibility index (Phi) is 9.75. The van der Waals surface area contributed by atoms with Gasteiger partial charge in [0.1, 0.15) is 0 Å². The lowest BCUT2D eigenvalue weighted by atomic mass is 10.1. The Bertz CT molecular complexity index is 1310. The van der Waals surface area contributed by atoms with Crippen LogP contribution in [0.15, 0.2) is 47.4 Å². The molecule has 0 radical (unpaired) electrons. The highest BCUT2D eigenvalue weighted by molar-refractivity contribution is 7.89. The molecule has 1 aliphatic rings. The molecule has 1 aliphatic heterocycles. The number of para-hydroxylation sites is 1. The third kappa shape index (κ3) is 6.54. The van der Waals surface area contributed by atoms with Gasteiger partial charge < -0.3 is 10.2 Å². The number of amides is 1. The molecule has 38 heavy (non-hydrogen) atoms. The van der Waals surface area contributed by atoms with Crippen molar-refractivity contribution in [3.63, 3.8) is 0 Å². The molecule has 0 unspecified atom stereocenters. The molecule has 1 N–H and O–H groups in total. The van der Waals surface area contributed by atoms with Gasteiger partial charge in [0.05, 0.1) is 15.1 Å². The molecule has 206 valence electrons. The van der Waals surface area contributed by atoms with Crippen molar-refractivity contribution >= 4 is 42.6 Å². The van der Waals surface area contributed by atoms with E-state index in [9.17, 15) is 13.2 Å². The van der Waals surface area contributed by atoms with Crippen molar-refractivity contribution in [3.8, 4) is 0 Å². The second kappa shape index (κ2) is 13.0. The first-order valence-corrected chi connectivity index (χ1v) is 15.9. The van der Waals surface area contributed by atoms with E-state index >= 15 is 0 Å². The van der Waals surface area contributed by atoms with Crippen molar-refractivity contribution in [1.82, 2.24) is 19.5 Å². The third-order valence-electron chi connectivity index (χ3n) is 6.93. The fourth-order valence-electron chi connectivity index (χ4n) is 4.79. The number of carbonyl (C=O) groups excluding carboxylic acids is 1. The average molecular weight is 558 g/mol. The van der Waals surface area contributed by atoms with Crippen LogP contribution >= 0.6 is 11.3 Å². The van der Waals surface area contributed by atoms with Crippen LogP contribution in [-0.4, -0.2) is 80.9 Å². The molecule has 1 aromatic heterocycles. The third-order valence-corrected chi connectivity index (χ3v) is 9.92. The van der Waals surface area contributed by atoms with E-state index in [1.807, 2.05) is 13.8 Å². The summed E-state index contributed by atoms with van der Waals surface area (Å²) in [6, 6.07) is 12.7. The highest BCUT2D eigenvalue weighted by Crippen LogP contribution is 2.31. The lowest BCUT2D eigenvalue weighted by Gasteiger charge is -2.34. The smallest absolute Gasteiger partial charge is 0.251 e. The fourth-order valence-corrected chi connectivity index (χ4v) is 7.47. The summed E-state index contributed by atoms with van der Waals surface area (Å²) in [6.07, 6.45) is 2.51. The van der Waals surface area contributed by atoms with Crippen LogP contribution in [0.25, 0.3) is 10.2 Å². The first-order valence-electron chi connectivity index (χ1n) is 13.6. The maximum atomic E-state index is 12.9. The summed E-state index contributed by atoms with van der Waals surface area (Å²) in [5, 5.41) is 4.07. The number of aryl methyl sites for hydroxylation is 1. The van der Waals surface area contributed by atoms with Gasteiger partial charge in [0.15, 0.2) is 5.13 Å². The number of rotatable bonds is 12. The van der Waals surface area contributed by atoms with E-state index in [4.69, 9.17) is 4.98 Å². The average Bonchev–Trinajstić information content (AvgIpc) is 3.38. The zero-order valence-electron chi connectivity index (χ0n) is 22.6. The summed E-state index contributed by atoms with van der Waals surface area (Å²) in [4.78, 5) is 22.5. The number of sulfonamides is 1. The zero-order valence-corrected chi connectivity index (χ0v) is 24.3. The highest BCUT2D eigenvalue weighted by atomic mass is 32.2. The van der Waals surface area contributed by atoms with Crippen LogP contribution in [0, 0.1) is 0 Å². The number of anilines is 1. The lowest BCUT2D eigenvalue weighted by molar-refractivity contribution is 0.0947. The highest BCUT2D eigenvalue weighted by Gasteiger charge is 2.24. The molecule has 3 aromatic rings. The van der Waals surface area contributed by atoms with Crippen LogP contribution < -0.4 is 10.2 Å². The molecular weight excluding hydrogens is 518 g/mol. The van der Waals surface area contributed by atoms with Gasteiger partial charge in [-0.3, -0.25) is 9.69 Å². The van der Waals surface area contributed by atoms with Crippen LogP contribution in [0.2, 0.25) is 0 Å². The summed E-state index contributed by atoms with van der Waals surface area (Å²) in [5.74, 6) is -0.187. The molecule has 0 aliphatic carbocycles. The summed E-state index contributed by atoms with van der Waals surface area (Å²) in [7, 11) is -3.55. The number of hydrogen-bond acceptors (Lipinski definition) is 7. The molecule has 1 fully saturated rings. The molecule has 2 heterocycles. The zero-order chi connectivity index (χ0) is 27.1. The number of nitrogens with one attached hydrogen (secondary N) is 1. The summed E-state index contributed by atoms with van der Waals surface area (Å²) < 4.78 is 28.6. The van der Waals surface area contributed by atoms with E-state index in [2.05, 4.69) is 40.2 Å². The summed E-state index contributed by atoms with van der Waals surface area (Å²) in [6.45, 7) is 12.1. The van der Waals surface area contributed by atoms with E-state index < -0.39 is 10.0 Å². The Morgan fingerprint density at radius 1 is 1.00 bits per heavy atom. The monoisotopic (exact) mass is 557 g/mol. The first-order chi connectivity index (χ1) is 18.4. The van der Waals surface area contributed by atoms with Crippen LogP contribution in [0.4, 0.5) is 5.13 Å². The van der Waals surface area contributed by atoms with Crippen molar-refractivity contribution in [2.24, 2.45) is 0 Å². The number of aromatic nitrogens is 1. The predicted molar refractivity (Wildman–Crippen MR) is 156 cm³/mol. The van der Waals surface area contributed by atoms with Crippen molar-refractivity contribution in [1.29, 1.82) is 0 Å². The topological polar surface area (TPSA) is 85.8 Å². The molecule has 2 aromatic carbocycles. The molecule has 0 spiro atoms. The van der Waals surface area contributed by atoms with Crippen LogP contribution in [0.1, 0.15) is 49.5 Å². The standard InChI is InChI=1S/C28H39N5O3S2/c1-4-15-33(16-5-2)38(35,36)24-12-10-23(11-13-24)27(34)29-14-17-31-18-20-32(21-19-31)28-30-26-22(6-3)8-7-9-25(26)37-28/h7-13H,4-6,14-21H2,1-3H3,(H,29,34). The predicted octanol–water partition coefficient (Wildman–Crippen LogP) is 4.22. The largest absolute Gasteiger partial charge is 0.351 e. The number of hydrogen-bond donors (Lipinski definition) is 1. The lowest BCUT2D eigenvalue weighted by Crippen LogP contribution is -2.48. The van der Waals surface area contributed by atoms with Gasteiger partial charge in [0.2, 0.25) is 10.0 Å². The Morgan fingerprint density at radius 2 is 1.68 bits per heavy atom. The van der Waals surface area contributed by atoms with Gasteiger partial charge in [-0.1, -0.05) is 44.2 Å². The minimum atomic E-state index is -3.55. The summed E-state index contributed by atoms with van der Waals surface area (Å²) in [5.41, 5.74) is 2.89. The molecule has 10 heteroatoms. The van der Waals surface area contributed by atoms with Gasteiger partial charge >= 0.3 is 0 Å². The molecule has 0 saturated carbocycles. The Labute approximate surface area is 230 Å². The number of piperazine rings is 1. The van der Waals surface area contributed by atoms with E-state index in [1.54, 1.807) is 23.5 Å². The van der Waals surface area contributed by atoms with Crippen molar-refractivity contribution < 1.29 is 13.2 Å². The second-order valence-electron chi connectivity index (χ2n) is 9.63. The van der Waals surface area contributed by atoms with Gasteiger partial charge in [0, 0.05) is 57.9 Å². The van der Waals surface area contributed by atoms with Crippen molar-refractivity contribution in [3.05, 3.63) is 53.6 Å². The number of carbonyl (C=O) groups is 1. The normalized spacial score (nSPS) is 14.9. The van der Waals surface area contributed by atoms with E-state index in [1.165, 1.54) is 26.7 Å². The Hall–Kier alpha value is -2.53. The number of thiazole rings is 1. The first kappa shape index (κ1) is 28.5. The molecular formula is C28H39N5O3S2. The number of benzene rings is 2. The van der Waals surface area contributed by atoms with Crippen molar-refractivity contribution in [2.75, 3.05) is 57.3 Å². The van der Waals surface area contributed by atoms with Gasteiger partial charge in [0.25, 0.3) is 5.91 Å². The van der Waals surface area contributed by atoms with Crippen LogP contribution in [0.3, 0.4) is 0 Å². The second-order valence-corrected chi connectivity index (χ2v) is 12.6. The quantitative estimate of drug-likeness (QED) is 0.359. The van der Waals surface area contributed by atoms with Crippen molar-refractivity contribution in [2.45, 2.75) is 44.9 Å². The molecule has 8 nitrogen and oxygen atoms in total. The molecule has 0 bridgehead atoms. The maximum absolute atomic E-state index is 12.9. The molecule has 1 saturated heterocycles. The van der Waals surface area contributed by atoms with E-state index in [-0.39, 0.29) is 10.8 Å². The maximum Gasteiger partial charge on any atom is 0.251 e. The molecule has 4 rings (SSSR count). The molecule has 0 atom stereocenters. The van der Waals surface area contributed by atoms with Gasteiger partial charge in [-0.25, -0.2) is 13.4 Å². The fraction of sp³-hybridized carbons (Fsp3) is 0.500. The van der Waals surface area contributed by atoms with E-state index in [0.29, 0.717) is 25.2 Å². The van der Waals surface area contributed by atoms with Gasteiger partial charge in [-0.05, 0) is 55.2 Å². The Balaban J connectivity index is 1.25. The number of nitrogens with zero attached hydrogens (tertiary/aromatic N) is 4. The van der Waals surface area contributed by atoms with Gasteiger partial charge in [-0.15, -0.1) is 0 Å². The van der Waals surface area contributed by atoms with Crippen LogP contribution in [0.5, 0.6) is 0 Å². The molecule has 1 amide bonds. The van der Waals surface area contributed by atoms with Crippen LogP contribution in [-0.2, 0) is 16.4 Å². The minimum Gasteiger partial charge on any atom is -0.351 e. The SMILES string of the molecule is CCCN(CCC)S(=O)(=O)c1ccc(C(=O)NCCN2CCN(c3nc4c(CC)cccc4s3)CC2)cc1. The Morgan fingerprint density at radius 3 is 2.32 bits per heavy atom. The summed E-state index contributed by atoms with van der Waals surface area (Å²) >= 11 is 1.76. The van der Waals surface area contributed by atoms with E-state index in [0.717, 1.165) is 62.6 Å². The number of fused-ring (bicyclic) bond motifs is 1. The minimum absolute atomic E-state index is 0.187.